The van der Waals surface area contributed by atoms with Crippen LogP contribution in [0.5, 0.6) is 0 Å². The third-order valence-corrected chi connectivity index (χ3v) is 8.12. The Kier molecular flexibility index (Phi) is 4.86. The molecule has 3 heterocycles. The summed E-state index contributed by atoms with van der Waals surface area (Å²) in [7, 11) is -3.70. The molecular weight excluding hydrogens is 412 g/mol. The molecule has 162 valence electrons. The molecule has 0 aliphatic carbocycles. The van der Waals surface area contributed by atoms with Crippen molar-refractivity contribution in [2.75, 3.05) is 11.9 Å². The van der Waals surface area contributed by atoms with E-state index in [0.717, 1.165) is 35.3 Å². The van der Waals surface area contributed by atoms with Crippen LogP contribution >= 0.6 is 0 Å². The first-order valence-corrected chi connectivity index (χ1v) is 12.2. The highest BCUT2D eigenvalue weighted by Gasteiger charge is 2.39. The topological polar surface area (TPSA) is 84.3 Å². The summed E-state index contributed by atoms with van der Waals surface area (Å²) in [6.45, 7) is 4.68. The number of para-hydroxylation sites is 2. The Labute approximate surface area is 182 Å². The normalized spacial score (nSPS) is 19.7. The molecule has 0 unspecified atom stereocenters. The lowest BCUT2D eigenvalue weighted by atomic mass is 10.0. The largest absolute Gasteiger partial charge is 0.326 e. The number of aromatic nitrogens is 2. The van der Waals surface area contributed by atoms with Crippen molar-refractivity contribution in [3.8, 4) is 0 Å². The second-order valence-electron chi connectivity index (χ2n) is 8.56. The summed E-state index contributed by atoms with van der Waals surface area (Å²) in [5.74, 6) is 0.776. The van der Waals surface area contributed by atoms with Gasteiger partial charge in [0.2, 0.25) is 15.9 Å². The first-order chi connectivity index (χ1) is 14.9. The fraction of sp³-hybridized carbons (Fsp3) is 0.391. The zero-order valence-electron chi connectivity index (χ0n) is 17.7. The van der Waals surface area contributed by atoms with E-state index in [9.17, 15) is 13.2 Å². The number of amides is 1. The van der Waals surface area contributed by atoms with Gasteiger partial charge in [0.25, 0.3) is 0 Å². The quantitative estimate of drug-likeness (QED) is 0.667. The van der Waals surface area contributed by atoms with Gasteiger partial charge < -0.3 is 9.88 Å². The Balaban J connectivity index is 1.56. The summed E-state index contributed by atoms with van der Waals surface area (Å²) in [5, 5.41) is 2.82. The number of hydrogen-bond acceptors (Lipinski definition) is 4. The molecule has 8 heteroatoms. The van der Waals surface area contributed by atoms with Crippen LogP contribution in [0.15, 0.2) is 47.4 Å². The Morgan fingerprint density at radius 1 is 1.13 bits per heavy atom. The van der Waals surface area contributed by atoms with Gasteiger partial charge in [-0.3, -0.25) is 4.79 Å². The number of carbonyl (C=O) groups excluding carboxylic acids is 1. The molecule has 2 aliphatic rings. The minimum absolute atomic E-state index is 0.0321. The zero-order valence-corrected chi connectivity index (χ0v) is 18.5. The number of carbonyl (C=O) groups is 1. The third-order valence-electron chi connectivity index (χ3n) is 6.22. The SMILES string of the molecule is CC(C)n1c([C@@H]2CCCN2S(=O)(=O)c2ccc3c(c2)CCC(=O)N3)nc2ccccc21. The second kappa shape index (κ2) is 7.46. The van der Waals surface area contributed by atoms with E-state index in [1.807, 2.05) is 24.3 Å². The molecule has 7 nitrogen and oxygen atoms in total. The maximum absolute atomic E-state index is 13.7. The molecule has 1 N–H and O–H groups in total. The van der Waals surface area contributed by atoms with Gasteiger partial charge in [-0.15, -0.1) is 0 Å². The van der Waals surface area contributed by atoms with Gasteiger partial charge in [0.05, 0.1) is 22.0 Å². The fourth-order valence-corrected chi connectivity index (χ4v) is 6.49. The number of benzene rings is 2. The molecule has 1 atom stereocenters. The molecule has 3 aromatic rings. The number of aryl methyl sites for hydroxylation is 1. The molecule has 0 saturated carbocycles. The molecule has 0 radical (unpaired) electrons. The van der Waals surface area contributed by atoms with Crippen molar-refractivity contribution >= 4 is 32.7 Å². The van der Waals surface area contributed by atoms with E-state index in [1.54, 1.807) is 22.5 Å². The number of sulfonamides is 1. The number of nitrogens with zero attached hydrogens (tertiary/aromatic N) is 3. The van der Waals surface area contributed by atoms with Crippen molar-refractivity contribution in [1.82, 2.24) is 13.9 Å². The van der Waals surface area contributed by atoms with E-state index >= 15 is 0 Å². The summed E-state index contributed by atoms with van der Waals surface area (Å²) in [6, 6.07) is 12.8. The van der Waals surface area contributed by atoms with E-state index in [0.29, 0.717) is 25.1 Å². The lowest BCUT2D eigenvalue weighted by Gasteiger charge is -2.26. The minimum Gasteiger partial charge on any atom is -0.326 e. The van der Waals surface area contributed by atoms with Gasteiger partial charge in [-0.25, -0.2) is 13.4 Å². The van der Waals surface area contributed by atoms with E-state index in [4.69, 9.17) is 4.98 Å². The van der Waals surface area contributed by atoms with Crippen LogP contribution in [0.4, 0.5) is 5.69 Å². The first-order valence-electron chi connectivity index (χ1n) is 10.8. The molecule has 1 saturated heterocycles. The second-order valence-corrected chi connectivity index (χ2v) is 10.5. The number of anilines is 1. The van der Waals surface area contributed by atoms with Gasteiger partial charge in [0, 0.05) is 24.7 Å². The molecule has 1 fully saturated rings. The molecule has 0 spiro atoms. The van der Waals surface area contributed by atoms with Crippen LogP contribution in [0.25, 0.3) is 11.0 Å². The predicted molar refractivity (Wildman–Crippen MR) is 119 cm³/mol. The van der Waals surface area contributed by atoms with Crippen molar-refractivity contribution in [1.29, 1.82) is 0 Å². The van der Waals surface area contributed by atoms with Crippen molar-refractivity contribution in [2.24, 2.45) is 0 Å². The van der Waals surface area contributed by atoms with Crippen molar-refractivity contribution in [2.45, 2.75) is 56.5 Å². The van der Waals surface area contributed by atoms with Crippen LogP contribution in [0, 0.1) is 0 Å². The van der Waals surface area contributed by atoms with E-state index < -0.39 is 10.0 Å². The van der Waals surface area contributed by atoms with E-state index in [1.165, 1.54) is 0 Å². The maximum atomic E-state index is 13.7. The number of fused-ring (bicyclic) bond motifs is 2. The van der Waals surface area contributed by atoms with Crippen LogP contribution in [0.3, 0.4) is 0 Å². The average molecular weight is 439 g/mol. The number of nitrogens with one attached hydrogen (secondary N) is 1. The summed E-state index contributed by atoms with van der Waals surface area (Å²) in [6.07, 6.45) is 2.47. The monoisotopic (exact) mass is 438 g/mol. The lowest BCUT2D eigenvalue weighted by Crippen LogP contribution is -2.32. The molecule has 1 aromatic heterocycles. The molecule has 1 amide bonds. The Morgan fingerprint density at radius 2 is 1.94 bits per heavy atom. The summed E-state index contributed by atoms with van der Waals surface area (Å²) < 4.78 is 31.1. The van der Waals surface area contributed by atoms with E-state index in [-0.39, 0.29) is 22.9 Å². The number of rotatable bonds is 4. The Bertz CT molecular complexity index is 1280. The molecule has 2 aliphatic heterocycles. The molecule has 2 aromatic carbocycles. The van der Waals surface area contributed by atoms with Crippen LogP contribution < -0.4 is 5.32 Å². The van der Waals surface area contributed by atoms with Crippen molar-refractivity contribution < 1.29 is 13.2 Å². The number of hydrogen-bond donors (Lipinski definition) is 1. The van der Waals surface area contributed by atoms with Crippen molar-refractivity contribution in [3.63, 3.8) is 0 Å². The van der Waals surface area contributed by atoms with Gasteiger partial charge >= 0.3 is 0 Å². The summed E-state index contributed by atoms with van der Waals surface area (Å²) in [5.41, 5.74) is 3.49. The van der Waals surface area contributed by atoms with Gasteiger partial charge in [-0.05, 0) is 69.0 Å². The van der Waals surface area contributed by atoms with Crippen LogP contribution in [0.2, 0.25) is 0 Å². The average Bonchev–Trinajstić information content (AvgIpc) is 3.38. The fourth-order valence-electron chi connectivity index (χ4n) is 4.78. The first kappa shape index (κ1) is 20.2. The molecule has 5 rings (SSSR count). The summed E-state index contributed by atoms with van der Waals surface area (Å²) in [4.78, 5) is 16.8. The smallest absolute Gasteiger partial charge is 0.243 e. The third kappa shape index (κ3) is 3.34. The highest BCUT2D eigenvalue weighted by Crippen LogP contribution is 2.39. The molecular formula is C23H26N4O3S. The van der Waals surface area contributed by atoms with Crippen LogP contribution in [-0.2, 0) is 21.2 Å². The van der Waals surface area contributed by atoms with Gasteiger partial charge in [0.15, 0.2) is 0 Å². The Hall–Kier alpha value is -2.71. The Morgan fingerprint density at radius 3 is 2.74 bits per heavy atom. The predicted octanol–water partition coefficient (Wildman–Crippen LogP) is 4.03. The maximum Gasteiger partial charge on any atom is 0.243 e. The van der Waals surface area contributed by atoms with Crippen LogP contribution in [0.1, 0.15) is 56.6 Å². The van der Waals surface area contributed by atoms with Gasteiger partial charge in [-0.2, -0.15) is 4.31 Å². The molecule has 0 bridgehead atoms. The lowest BCUT2D eigenvalue weighted by molar-refractivity contribution is -0.116. The van der Waals surface area contributed by atoms with Crippen molar-refractivity contribution in [3.05, 3.63) is 53.9 Å². The summed E-state index contributed by atoms with van der Waals surface area (Å²) >= 11 is 0. The van der Waals surface area contributed by atoms with E-state index in [2.05, 4.69) is 23.7 Å². The van der Waals surface area contributed by atoms with Crippen LogP contribution in [-0.4, -0.2) is 34.7 Å². The standard InChI is InChI=1S/C23H26N4O3S/c1-15(2)27-20-7-4-3-6-19(20)25-23(27)21-8-5-13-26(21)31(29,30)17-10-11-18-16(14-17)9-12-22(28)24-18/h3-4,6-7,10-11,14-15,21H,5,8-9,12-13H2,1-2H3,(H,24,28)/t21-/m0/s1. The highest BCUT2D eigenvalue weighted by atomic mass is 32.2. The molecule has 31 heavy (non-hydrogen) atoms. The minimum atomic E-state index is -3.70. The number of imidazole rings is 1. The van der Waals surface area contributed by atoms with Gasteiger partial charge in [0.1, 0.15) is 5.82 Å². The zero-order chi connectivity index (χ0) is 21.8. The van der Waals surface area contributed by atoms with Gasteiger partial charge in [-0.1, -0.05) is 12.1 Å². The highest BCUT2D eigenvalue weighted by molar-refractivity contribution is 7.89.